The third kappa shape index (κ3) is 4.79. The molecule has 6 atom stereocenters. The number of methoxy groups -OCH3 is 1. The van der Waals surface area contributed by atoms with Gasteiger partial charge in [-0.25, -0.2) is 0 Å². The molecule has 1 aliphatic heterocycles. The van der Waals surface area contributed by atoms with E-state index in [9.17, 15) is 34.8 Å². The molecule has 11 nitrogen and oxygen atoms in total. The largest absolute Gasteiger partial charge is 0.507 e. The molecule has 5 N–H and O–H groups in total. The second kappa shape index (κ2) is 11.1. The van der Waals surface area contributed by atoms with Gasteiger partial charge >= 0.3 is 0 Å². The van der Waals surface area contributed by atoms with E-state index in [1.807, 2.05) is 20.8 Å². The zero-order valence-electron chi connectivity index (χ0n) is 24.3. The topological polar surface area (TPSA) is 172 Å². The highest BCUT2D eigenvalue weighted by Gasteiger charge is 2.50. The van der Waals surface area contributed by atoms with Crippen LogP contribution in [0.2, 0.25) is 0 Å². The highest BCUT2D eigenvalue weighted by molar-refractivity contribution is 6.31. The van der Waals surface area contributed by atoms with E-state index in [0.29, 0.717) is 6.42 Å². The fourth-order valence-corrected chi connectivity index (χ4v) is 6.48. The van der Waals surface area contributed by atoms with Crippen LogP contribution in [0.5, 0.6) is 17.2 Å². The van der Waals surface area contributed by atoms with Gasteiger partial charge in [0.1, 0.15) is 29.5 Å². The SMILES string of the molecule is COc1cccc2c1C(=O)c1c(O)c3c(c(O)c1C2=O)C[C@@](O)(C(=O)CO)C[C@@H]3O[C@H]1C[C@H](NC(C)C)[C@@H](C)[C@H](C)O1. The number of phenolic OH excluding ortho intramolecular Hbond substituents is 2. The summed E-state index contributed by atoms with van der Waals surface area (Å²) < 4.78 is 17.8. The molecule has 0 saturated carbocycles. The van der Waals surface area contributed by atoms with Crippen LogP contribution in [0, 0.1) is 5.92 Å². The molecule has 0 spiro atoms. The maximum absolute atomic E-state index is 13.8. The van der Waals surface area contributed by atoms with Crippen molar-refractivity contribution in [2.45, 2.75) is 83.1 Å². The number of ether oxygens (including phenoxy) is 3. The fourth-order valence-electron chi connectivity index (χ4n) is 6.48. The molecule has 226 valence electrons. The highest BCUT2D eigenvalue weighted by atomic mass is 16.7. The normalized spacial score (nSPS) is 28.7. The van der Waals surface area contributed by atoms with Crippen LogP contribution in [0.1, 0.15) is 89.6 Å². The van der Waals surface area contributed by atoms with Crippen molar-refractivity contribution < 1.29 is 49.0 Å². The van der Waals surface area contributed by atoms with Crippen molar-refractivity contribution in [1.29, 1.82) is 0 Å². The Hall–Kier alpha value is -3.35. The second-order valence-electron chi connectivity index (χ2n) is 11.8. The van der Waals surface area contributed by atoms with Gasteiger partial charge in [-0.2, -0.15) is 0 Å². The second-order valence-corrected chi connectivity index (χ2v) is 11.8. The summed E-state index contributed by atoms with van der Waals surface area (Å²) in [4.78, 5) is 40.2. The van der Waals surface area contributed by atoms with Gasteiger partial charge in [0, 0.05) is 48.0 Å². The standard InChI is InChI=1S/C31H37NO10/c1-13(2)32-18-9-22(41-15(4)14(18)3)42-20-11-31(39,21(34)12-33)10-17-24(20)30(38)26-25(28(17)36)27(35)16-7-6-8-19(40-5)23(16)29(26)37/h6-8,13-15,18,20,22,32-33,36,38-39H,9-12H2,1-5H3/t14-,15-,18-,20-,22-,31-/m0/s1. The first kappa shape index (κ1) is 30.1. The molecule has 2 aliphatic carbocycles. The Morgan fingerprint density at radius 2 is 1.81 bits per heavy atom. The average molecular weight is 584 g/mol. The number of aliphatic hydroxyl groups is 2. The first-order chi connectivity index (χ1) is 19.8. The summed E-state index contributed by atoms with van der Waals surface area (Å²) in [5.74, 6) is -3.33. The molecule has 1 saturated heterocycles. The van der Waals surface area contributed by atoms with E-state index in [1.165, 1.54) is 25.3 Å². The van der Waals surface area contributed by atoms with Crippen molar-refractivity contribution >= 4 is 17.3 Å². The molecule has 5 rings (SSSR count). The van der Waals surface area contributed by atoms with Crippen molar-refractivity contribution in [2.75, 3.05) is 13.7 Å². The first-order valence-electron chi connectivity index (χ1n) is 14.1. The van der Waals surface area contributed by atoms with Gasteiger partial charge in [-0.05, 0) is 18.9 Å². The molecule has 3 aliphatic rings. The summed E-state index contributed by atoms with van der Waals surface area (Å²) in [5, 5.41) is 47.7. The van der Waals surface area contributed by atoms with E-state index >= 15 is 0 Å². The number of Topliss-reactive ketones (excluding diaryl/α,β-unsaturated/α-hetero) is 1. The number of nitrogens with one attached hydrogen (secondary N) is 1. The molecule has 42 heavy (non-hydrogen) atoms. The van der Waals surface area contributed by atoms with Crippen molar-refractivity contribution in [1.82, 2.24) is 5.32 Å². The molecular formula is C31H37NO10. The number of ketones is 3. The van der Waals surface area contributed by atoms with Crippen molar-refractivity contribution in [3.8, 4) is 17.2 Å². The van der Waals surface area contributed by atoms with Gasteiger partial charge < -0.3 is 40.0 Å². The van der Waals surface area contributed by atoms with Gasteiger partial charge in [-0.3, -0.25) is 14.4 Å². The van der Waals surface area contributed by atoms with E-state index < -0.39 is 71.0 Å². The van der Waals surface area contributed by atoms with Crippen LogP contribution in [0.4, 0.5) is 0 Å². The number of hydrogen-bond donors (Lipinski definition) is 5. The summed E-state index contributed by atoms with van der Waals surface area (Å²) in [6.45, 7) is 7.03. The Bertz CT molecular complexity index is 1450. The van der Waals surface area contributed by atoms with Gasteiger partial charge in [0.05, 0.1) is 36.0 Å². The number of benzene rings is 2. The lowest BCUT2D eigenvalue weighted by Gasteiger charge is -2.43. The number of aromatic hydroxyl groups is 2. The number of phenols is 2. The Labute approximate surface area is 243 Å². The molecule has 1 heterocycles. The van der Waals surface area contributed by atoms with Gasteiger partial charge in [-0.1, -0.05) is 32.9 Å². The third-order valence-corrected chi connectivity index (χ3v) is 8.79. The molecule has 0 radical (unpaired) electrons. The quantitative estimate of drug-likeness (QED) is 0.259. The van der Waals surface area contributed by atoms with Crippen LogP contribution in [0.3, 0.4) is 0 Å². The van der Waals surface area contributed by atoms with Gasteiger partial charge in [0.2, 0.25) is 5.78 Å². The predicted molar refractivity (Wildman–Crippen MR) is 149 cm³/mol. The maximum Gasteiger partial charge on any atom is 0.202 e. The smallest absolute Gasteiger partial charge is 0.202 e. The molecule has 11 heteroatoms. The number of carbonyl (C=O) groups is 3. The Morgan fingerprint density at radius 3 is 2.45 bits per heavy atom. The van der Waals surface area contributed by atoms with Crippen LogP contribution in [0.15, 0.2) is 18.2 Å². The van der Waals surface area contributed by atoms with E-state index in [-0.39, 0.29) is 58.5 Å². The number of rotatable bonds is 7. The number of hydrogen-bond acceptors (Lipinski definition) is 11. The summed E-state index contributed by atoms with van der Waals surface area (Å²) in [6.07, 6.45) is -2.81. The molecule has 2 aromatic carbocycles. The molecule has 0 bridgehead atoms. The summed E-state index contributed by atoms with van der Waals surface area (Å²) in [7, 11) is 1.35. The lowest BCUT2D eigenvalue weighted by atomic mass is 9.72. The minimum absolute atomic E-state index is 0.00784. The summed E-state index contributed by atoms with van der Waals surface area (Å²) in [5.41, 5.74) is -3.24. The zero-order valence-corrected chi connectivity index (χ0v) is 24.3. The van der Waals surface area contributed by atoms with Crippen LogP contribution >= 0.6 is 0 Å². The molecule has 2 aromatic rings. The molecule has 0 amide bonds. The molecule has 1 fully saturated rings. The number of aliphatic hydroxyl groups excluding tert-OH is 1. The number of fused-ring (bicyclic) bond motifs is 3. The third-order valence-electron chi connectivity index (χ3n) is 8.79. The lowest BCUT2D eigenvalue weighted by molar-refractivity contribution is -0.239. The van der Waals surface area contributed by atoms with Crippen LogP contribution in [-0.4, -0.2) is 81.6 Å². The Balaban J connectivity index is 1.65. The van der Waals surface area contributed by atoms with Crippen molar-refractivity contribution in [3.63, 3.8) is 0 Å². The average Bonchev–Trinajstić information content (AvgIpc) is 2.94. The maximum atomic E-state index is 13.8. The van der Waals surface area contributed by atoms with Gasteiger partial charge in [-0.15, -0.1) is 0 Å². The summed E-state index contributed by atoms with van der Waals surface area (Å²) >= 11 is 0. The number of carbonyl (C=O) groups excluding carboxylic acids is 3. The minimum Gasteiger partial charge on any atom is -0.507 e. The van der Waals surface area contributed by atoms with Crippen LogP contribution < -0.4 is 10.1 Å². The Kier molecular flexibility index (Phi) is 7.92. The molecule has 0 unspecified atom stereocenters. The van der Waals surface area contributed by atoms with Gasteiger partial charge in [0.25, 0.3) is 0 Å². The summed E-state index contributed by atoms with van der Waals surface area (Å²) in [6, 6.07) is 4.65. The molecular weight excluding hydrogens is 546 g/mol. The van der Waals surface area contributed by atoms with Crippen LogP contribution in [-0.2, 0) is 20.7 Å². The van der Waals surface area contributed by atoms with E-state index in [0.717, 1.165) is 0 Å². The van der Waals surface area contributed by atoms with Crippen molar-refractivity contribution in [2.24, 2.45) is 5.92 Å². The van der Waals surface area contributed by atoms with Gasteiger partial charge in [0.15, 0.2) is 17.9 Å². The van der Waals surface area contributed by atoms with Crippen molar-refractivity contribution in [3.05, 3.63) is 51.6 Å². The lowest BCUT2D eigenvalue weighted by Crippen LogP contribution is -2.52. The first-order valence-corrected chi connectivity index (χ1v) is 14.1. The zero-order chi connectivity index (χ0) is 30.7. The molecule has 0 aromatic heterocycles. The van der Waals surface area contributed by atoms with Crippen LogP contribution in [0.25, 0.3) is 0 Å². The monoisotopic (exact) mass is 583 g/mol. The Morgan fingerprint density at radius 1 is 1.12 bits per heavy atom. The minimum atomic E-state index is -2.18. The van der Waals surface area contributed by atoms with E-state index in [1.54, 1.807) is 0 Å². The van der Waals surface area contributed by atoms with E-state index in [2.05, 4.69) is 12.2 Å². The fraction of sp³-hybridized carbons (Fsp3) is 0.516. The highest BCUT2D eigenvalue weighted by Crippen LogP contribution is 2.52. The van der Waals surface area contributed by atoms with E-state index in [4.69, 9.17) is 14.2 Å². The predicted octanol–water partition coefficient (Wildman–Crippen LogP) is 2.32.